The molecular weight excluding hydrogens is 368 g/mol. The fourth-order valence-corrected chi connectivity index (χ4v) is 4.28. The van der Waals surface area contributed by atoms with Crippen LogP contribution in [0.4, 0.5) is 0 Å². The Morgan fingerprint density at radius 1 is 1.34 bits per heavy atom. The lowest BCUT2D eigenvalue weighted by Crippen LogP contribution is -2.37. The first kappa shape index (κ1) is 19.7. The largest absolute Gasteiger partial charge is 0.469 e. The summed E-state index contributed by atoms with van der Waals surface area (Å²) in [5.41, 5.74) is 1.56. The molecule has 0 unspecified atom stereocenters. The molecule has 2 fully saturated rings. The summed E-state index contributed by atoms with van der Waals surface area (Å²) >= 11 is 0. The van der Waals surface area contributed by atoms with Gasteiger partial charge in [0.2, 0.25) is 5.91 Å². The Morgan fingerprint density at radius 2 is 2.14 bits per heavy atom. The lowest BCUT2D eigenvalue weighted by atomic mass is 9.92. The summed E-state index contributed by atoms with van der Waals surface area (Å²) in [7, 11) is 1.98. The smallest absolute Gasteiger partial charge is 0.257 e. The second kappa shape index (κ2) is 7.69. The highest BCUT2D eigenvalue weighted by molar-refractivity contribution is 5.95. The van der Waals surface area contributed by atoms with E-state index in [0.717, 1.165) is 37.1 Å². The van der Waals surface area contributed by atoms with Gasteiger partial charge in [-0.25, -0.2) is 4.98 Å². The van der Waals surface area contributed by atoms with Gasteiger partial charge < -0.3 is 19.2 Å². The van der Waals surface area contributed by atoms with E-state index in [1.165, 1.54) is 0 Å². The third-order valence-electron chi connectivity index (χ3n) is 6.49. The molecule has 0 radical (unpaired) electrons. The van der Waals surface area contributed by atoms with E-state index < -0.39 is 0 Å². The molecule has 0 aromatic carbocycles. The van der Waals surface area contributed by atoms with Crippen molar-refractivity contribution in [3.05, 3.63) is 41.9 Å². The van der Waals surface area contributed by atoms with Crippen molar-refractivity contribution in [2.24, 2.45) is 18.4 Å². The summed E-state index contributed by atoms with van der Waals surface area (Å²) in [5.74, 6) is 1.19. The number of carbonyl (C=O) groups is 2. The van der Waals surface area contributed by atoms with E-state index in [2.05, 4.69) is 17.2 Å². The Bertz CT molecular complexity index is 896. The lowest BCUT2D eigenvalue weighted by molar-refractivity contribution is -0.125. The summed E-state index contributed by atoms with van der Waals surface area (Å²) < 4.78 is 7.55. The lowest BCUT2D eigenvalue weighted by Gasteiger charge is -2.20. The van der Waals surface area contributed by atoms with E-state index in [4.69, 9.17) is 4.42 Å². The van der Waals surface area contributed by atoms with Crippen LogP contribution in [0.25, 0.3) is 0 Å². The topological polar surface area (TPSA) is 80.4 Å². The van der Waals surface area contributed by atoms with Crippen molar-refractivity contribution >= 4 is 11.8 Å². The number of likely N-dealkylation sites (tertiary alicyclic amines) is 1. The average Bonchev–Trinajstić information content (AvgIpc) is 3.09. The summed E-state index contributed by atoms with van der Waals surface area (Å²) in [6, 6.07) is 1.77. The van der Waals surface area contributed by atoms with E-state index in [1.807, 2.05) is 29.6 Å². The second-order valence-corrected chi connectivity index (χ2v) is 8.78. The number of nitrogens with zero attached hydrogens (tertiary/aromatic N) is 3. The van der Waals surface area contributed by atoms with Crippen LogP contribution in [0.15, 0.2) is 29.3 Å². The molecule has 1 saturated carbocycles. The molecule has 2 aromatic rings. The number of hydrogen-bond donors (Lipinski definition) is 1. The average molecular weight is 399 g/mol. The maximum Gasteiger partial charge on any atom is 0.257 e. The zero-order chi connectivity index (χ0) is 20.6. The van der Waals surface area contributed by atoms with Gasteiger partial charge in [-0.15, -0.1) is 0 Å². The van der Waals surface area contributed by atoms with E-state index in [0.29, 0.717) is 25.2 Å². The highest BCUT2D eigenvalue weighted by atomic mass is 16.3. The van der Waals surface area contributed by atoms with Crippen molar-refractivity contribution < 1.29 is 14.0 Å². The minimum absolute atomic E-state index is 0.0114. The van der Waals surface area contributed by atoms with Crippen molar-refractivity contribution in [3.8, 4) is 0 Å². The molecule has 1 aliphatic carbocycles. The zero-order valence-electron chi connectivity index (χ0n) is 17.5. The van der Waals surface area contributed by atoms with Gasteiger partial charge in [-0.1, -0.05) is 13.8 Å². The molecule has 0 spiro atoms. The number of imidazole rings is 1. The molecule has 0 bridgehead atoms. The molecule has 29 heavy (non-hydrogen) atoms. The van der Waals surface area contributed by atoms with Gasteiger partial charge in [-0.2, -0.15) is 0 Å². The minimum Gasteiger partial charge on any atom is -0.469 e. The Balaban J connectivity index is 1.51. The number of nitrogens with one attached hydrogen (secondary N) is 1. The molecular formula is C22H30N4O3. The number of amides is 2. The number of rotatable bonds is 7. The van der Waals surface area contributed by atoms with Crippen molar-refractivity contribution in [2.75, 3.05) is 19.6 Å². The molecule has 1 N–H and O–H groups in total. The van der Waals surface area contributed by atoms with Crippen LogP contribution in [0, 0.1) is 11.3 Å². The molecule has 7 nitrogen and oxygen atoms in total. The van der Waals surface area contributed by atoms with Gasteiger partial charge in [-0.3, -0.25) is 9.59 Å². The van der Waals surface area contributed by atoms with E-state index in [-0.39, 0.29) is 29.1 Å². The van der Waals surface area contributed by atoms with Gasteiger partial charge in [0.1, 0.15) is 5.76 Å². The van der Waals surface area contributed by atoms with Crippen LogP contribution in [0.3, 0.4) is 0 Å². The summed E-state index contributed by atoms with van der Waals surface area (Å²) in [5, 5.41) is 3.14. The SMILES string of the molecule is CCCc1occc1C(=O)N1C[C@@H](CNC(=O)C2(C)CC2)[C@H](c2cncn2C)C1. The van der Waals surface area contributed by atoms with E-state index in [1.54, 1.807) is 18.7 Å². The first-order valence-corrected chi connectivity index (χ1v) is 10.5. The van der Waals surface area contributed by atoms with Crippen molar-refractivity contribution in [2.45, 2.75) is 45.4 Å². The molecule has 156 valence electrons. The summed E-state index contributed by atoms with van der Waals surface area (Å²) in [6.45, 7) is 5.89. The maximum absolute atomic E-state index is 13.2. The van der Waals surface area contributed by atoms with Gasteiger partial charge in [0.15, 0.2) is 0 Å². The normalized spacial score (nSPS) is 22.7. The zero-order valence-corrected chi connectivity index (χ0v) is 17.5. The fourth-order valence-electron chi connectivity index (χ4n) is 4.28. The molecule has 1 saturated heterocycles. The number of hydrogen-bond acceptors (Lipinski definition) is 4. The van der Waals surface area contributed by atoms with Gasteiger partial charge >= 0.3 is 0 Å². The Morgan fingerprint density at radius 3 is 2.79 bits per heavy atom. The molecule has 7 heteroatoms. The second-order valence-electron chi connectivity index (χ2n) is 8.78. The standard InChI is InChI=1S/C22H30N4O3/c1-4-5-19-16(6-9-29-19)20(27)26-12-15(10-24-21(28)22(2)7-8-22)17(13-26)18-11-23-14-25(18)3/h6,9,11,14-15,17H,4-5,7-8,10,12-13H2,1-3H3,(H,24,28)/t15-,17-/m1/s1. The third-order valence-corrected chi connectivity index (χ3v) is 6.49. The van der Waals surface area contributed by atoms with Crippen LogP contribution < -0.4 is 5.32 Å². The quantitative estimate of drug-likeness (QED) is 0.778. The first-order valence-electron chi connectivity index (χ1n) is 10.5. The van der Waals surface area contributed by atoms with Crippen molar-refractivity contribution in [3.63, 3.8) is 0 Å². The number of carbonyl (C=O) groups excluding carboxylic acids is 2. The summed E-state index contributed by atoms with van der Waals surface area (Å²) in [6.07, 6.45) is 8.86. The Hall–Kier alpha value is -2.57. The Labute approximate surface area is 171 Å². The van der Waals surface area contributed by atoms with E-state index in [9.17, 15) is 9.59 Å². The van der Waals surface area contributed by atoms with Gasteiger partial charge in [0, 0.05) is 62.2 Å². The van der Waals surface area contributed by atoms with Crippen LogP contribution in [-0.2, 0) is 18.3 Å². The van der Waals surface area contributed by atoms with Crippen LogP contribution in [0.5, 0.6) is 0 Å². The maximum atomic E-state index is 13.2. The molecule has 4 rings (SSSR count). The van der Waals surface area contributed by atoms with Crippen molar-refractivity contribution in [1.82, 2.24) is 19.8 Å². The molecule has 2 amide bonds. The first-order chi connectivity index (χ1) is 13.9. The highest BCUT2D eigenvalue weighted by Crippen LogP contribution is 2.45. The van der Waals surface area contributed by atoms with Crippen molar-refractivity contribution in [1.29, 1.82) is 0 Å². The monoisotopic (exact) mass is 398 g/mol. The van der Waals surface area contributed by atoms with Crippen LogP contribution in [-0.4, -0.2) is 45.9 Å². The molecule has 2 aromatic heterocycles. The molecule has 2 aliphatic rings. The van der Waals surface area contributed by atoms with Gasteiger partial charge in [0.25, 0.3) is 5.91 Å². The predicted octanol–water partition coefficient (Wildman–Crippen LogP) is 2.74. The number of furan rings is 1. The fraction of sp³-hybridized carbons (Fsp3) is 0.591. The number of aryl methyl sites for hydroxylation is 2. The molecule has 2 atom stereocenters. The van der Waals surface area contributed by atoms with Crippen LogP contribution >= 0.6 is 0 Å². The van der Waals surface area contributed by atoms with Gasteiger partial charge in [0.05, 0.1) is 18.2 Å². The third kappa shape index (κ3) is 3.82. The van der Waals surface area contributed by atoms with E-state index >= 15 is 0 Å². The molecule has 3 heterocycles. The highest BCUT2D eigenvalue weighted by Gasteiger charge is 2.45. The number of aromatic nitrogens is 2. The van der Waals surface area contributed by atoms with Gasteiger partial charge in [-0.05, 0) is 25.3 Å². The predicted molar refractivity (Wildman–Crippen MR) is 108 cm³/mol. The van der Waals surface area contributed by atoms with Crippen LogP contribution in [0.1, 0.15) is 60.8 Å². The minimum atomic E-state index is -0.192. The Kier molecular flexibility index (Phi) is 5.23. The summed E-state index contributed by atoms with van der Waals surface area (Å²) in [4.78, 5) is 31.8. The van der Waals surface area contributed by atoms with Crippen LogP contribution in [0.2, 0.25) is 0 Å². The molecule has 1 aliphatic heterocycles.